The lowest BCUT2D eigenvalue weighted by molar-refractivity contribution is 0.0969. The van der Waals surface area contributed by atoms with Crippen LogP contribution in [0.4, 0.5) is 0 Å². The van der Waals surface area contributed by atoms with E-state index >= 15 is 0 Å². The third kappa shape index (κ3) is 2.55. The second-order valence-corrected chi connectivity index (χ2v) is 6.15. The Hall–Kier alpha value is -2.38. The zero-order valence-electron chi connectivity index (χ0n) is 12.8. The highest BCUT2D eigenvalue weighted by Gasteiger charge is 2.19. The van der Waals surface area contributed by atoms with Gasteiger partial charge in [0.1, 0.15) is 0 Å². The highest BCUT2D eigenvalue weighted by molar-refractivity contribution is 6.36. The van der Waals surface area contributed by atoms with E-state index in [9.17, 15) is 14.4 Å². The minimum atomic E-state index is -0.621. The van der Waals surface area contributed by atoms with Gasteiger partial charge in [0.15, 0.2) is 16.9 Å². The van der Waals surface area contributed by atoms with E-state index in [4.69, 9.17) is 23.2 Å². The smallest absolute Gasteiger partial charge is 0.328 e. The number of nitrogens with zero attached hydrogens (tertiary/aromatic N) is 4. The van der Waals surface area contributed by atoms with Crippen LogP contribution in [0.1, 0.15) is 10.4 Å². The molecule has 0 amide bonds. The van der Waals surface area contributed by atoms with Crippen LogP contribution in [0.5, 0.6) is 0 Å². The van der Waals surface area contributed by atoms with E-state index in [1.165, 1.54) is 40.7 Å². The first-order valence-electron chi connectivity index (χ1n) is 6.90. The maximum atomic E-state index is 12.6. The Morgan fingerprint density at radius 1 is 1.21 bits per heavy atom. The number of halogens is 2. The maximum Gasteiger partial charge on any atom is 0.332 e. The van der Waals surface area contributed by atoms with Gasteiger partial charge in [-0.15, -0.1) is 0 Å². The van der Waals surface area contributed by atoms with Gasteiger partial charge in [-0.1, -0.05) is 23.2 Å². The summed E-state index contributed by atoms with van der Waals surface area (Å²) in [6.45, 7) is -0.423. The Bertz CT molecular complexity index is 1090. The number of imidazole rings is 1. The molecule has 2 aromatic heterocycles. The predicted molar refractivity (Wildman–Crippen MR) is 91.0 cm³/mol. The van der Waals surface area contributed by atoms with E-state index in [0.717, 1.165) is 4.57 Å². The molecule has 0 aliphatic rings. The number of Topliss-reactive ketones (excluding diaryl/α,β-unsaturated/α-hetero) is 1. The van der Waals surface area contributed by atoms with E-state index in [1.807, 2.05) is 0 Å². The number of carbonyl (C=O) groups excluding carboxylic acids is 1. The van der Waals surface area contributed by atoms with Crippen LogP contribution >= 0.6 is 23.2 Å². The summed E-state index contributed by atoms with van der Waals surface area (Å²) in [5.41, 5.74) is -0.496. The summed E-state index contributed by atoms with van der Waals surface area (Å²) in [4.78, 5) is 41.5. The quantitative estimate of drug-likeness (QED) is 0.659. The fraction of sp³-hybridized carbons (Fsp3) is 0.200. The number of carbonyl (C=O) groups is 1. The van der Waals surface area contributed by atoms with E-state index in [-0.39, 0.29) is 21.7 Å². The molecule has 0 aliphatic heterocycles. The molecule has 0 N–H and O–H groups in total. The molecule has 3 rings (SSSR count). The predicted octanol–water partition coefficient (Wildman–Crippen LogP) is 1.62. The molecular formula is C15H12Cl2N4O3. The molecule has 0 atom stereocenters. The van der Waals surface area contributed by atoms with Crippen LogP contribution in [0.3, 0.4) is 0 Å². The molecule has 2 heterocycles. The van der Waals surface area contributed by atoms with Crippen LogP contribution in [0.15, 0.2) is 34.1 Å². The average Bonchev–Trinajstić information content (AvgIpc) is 2.91. The van der Waals surface area contributed by atoms with Crippen LogP contribution in [0.2, 0.25) is 10.0 Å². The normalized spacial score (nSPS) is 11.2. The molecule has 124 valence electrons. The molecule has 9 heteroatoms. The van der Waals surface area contributed by atoms with Crippen molar-refractivity contribution in [3.63, 3.8) is 0 Å². The van der Waals surface area contributed by atoms with Crippen molar-refractivity contribution in [3.8, 4) is 0 Å². The maximum absolute atomic E-state index is 12.6. The molecule has 0 bridgehead atoms. The van der Waals surface area contributed by atoms with E-state index < -0.39 is 23.6 Å². The van der Waals surface area contributed by atoms with Gasteiger partial charge in [0.05, 0.1) is 17.9 Å². The van der Waals surface area contributed by atoms with Crippen molar-refractivity contribution < 1.29 is 4.79 Å². The zero-order chi connectivity index (χ0) is 17.6. The van der Waals surface area contributed by atoms with Crippen molar-refractivity contribution in [1.82, 2.24) is 18.7 Å². The number of benzene rings is 1. The molecule has 7 nitrogen and oxygen atoms in total. The Balaban J connectivity index is 2.13. The van der Waals surface area contributed by atoms with Crippen molar-refractivity contribution >= 4 is 40.1 Å². The third-order valence-corrected chi connectivity index (χ3v) is 4.28. The van der Waals surface area contributed by atoms with Gasteiger partial charge in [0.25, 0.3) is 5.56 Å². The minimum Gasteiger partial charge on any atom is -0.328 e. The lowest BCUT2D eigenvalue weighted by atomic mass is 10.1. The number of hydrogen-bond acceptors (Lipinski definition) is 4. The fourth-order valence-electron chi connectivity index (χ4n) is 2.48. The summed E-state index contributed by atoms with van der Waals surface area (Å²) in [5.74, 6) is -0.461. The third-order valence-electron chi connectivity index (χ3n) is 3.73. The first-order chi connectivity index (χ1) is 11.3. The van der Waals surface area contributed by atoms with Crippen molar-refractivity contribution in [1.29, 1.82) is 0 Å². The van der Waals surface area contributed by atoms with Crippen LogP contribution < -0.4 is 11.2 Å². The van der Waals surface area contributed by atoms with Crippen molar-refractivity contribution in [3.05, 3.63) is 61.0 Å². The number of aromatic nitrogens is 4. The van der Waals surface area contributed by atoms with E-state index in [1.54, 1.807) is 7.05 Å². The van der Waals surface area contributed by atoms with Crippen molar-refractivity contribution in [2.75, 3.05) is 0 Å². The summed E-state index contributed by atoms with van der Waals surface area (Å²) in [5, 5.41) is 0.555. The number of ketones is 1. The fourth-order valence-corrected chi connectivity index (χ4v) is 2.99. The Morgan fingerprint density at radius 2 is 1.92 bits per heavy atom. The Labute approximate surface area is 145 Å². The van der Waals surface area contributed by atoms with Crippen LogP contribution in [-0.2, 0) is 20.6 Å². The van der Waals surface area contributed by atoms with Gasteiger partial charge in [-0.2, -0.15) is 0 Å². The molecule has 3 aromatic rings. The number of rotatable bonds is 3. The SMILES string of the molecule is Cn1cnc2c1c(=O)n(CC(=O)c1ccc(Cl)cc1Cl)c(=O)n2C. The average molecular weight is 367 g/mol. The first-order valence-corrected chi connectivity index (χ1v) is 7.66. The summed E-state index contributed by atoms with van der Waals surface area (Å²) in [7, 11) is 3.14. The molecule has 0 unspecified atom stereocenters. The number of hydrogen-bond donors (Lipinski definition) is 0. The lowest BCUT2D eigenvalue weighted by Gasteiger charge is -2.09. The van der Waals surface area contributed by atoms with E-state index in [0.29, 0.717) is 5.02 Å². The summed E-state index contributed by atoms with van der Waals surface area (Å²) in [6.07, 6.45) is 1.44. The van der Waals surface area contributed by atoms with Gasteiger partial charge in [-0.05, 0) is 18.2 Å². The molecule has 0 saturated heterocycles. The van der Waals surface area contributed by atoms with Crippen LogP contribution in [0.25, 0.3) is 11.2 Å². The van der Waals surface area contributed by atoms with Gasteiger partial charge < -0.3 is 4.57 Å². The molecule has 1 aromatic carbocycles. The van der Waals surface area contributed by atoms with Gasteiger partial charge in [-0.25, -0.2) is 9.78 Å². The second-order valence-electron chi connectivity index (χ2n) is 5.31. The Kier molecular flexibility index (Phi) is 4.06. The first kappa shape index (κ1) is 16.5. The minimum absolute atomic E-state index is 0.166. The number of fused-ring (bicyclic) bond motifs is 1. The molecule has 0 spiro atoms. The topological polar surface area (TPSA) is 78.9 Å². The van der Waals surface area contributed by atoms with Crippen molar-refractivity contribution in [2.24, 2.45) is 14.1 Å². The molecule has 0 fully saturated rings. The van der Waals surface area contributed by atoms with Gasteiger partial charge in [-0.3, -0.25) is 18.7 Å². The monoisotopic (exact) mass is 366 g/mol. The van der Waals surface area contributed by atoms with Gasteiger partial charge in [0.2, 0.25) is 0 Å². The molecule has 0 radical (unpaired) electrons. The second kappa shape index (κ2) is 5.92. The summed E-state index contributed by atoms with van der Waals surface area (Å²) < 4.78 is 3.61. The van der Waals surface area contributed by atoms with Gasteiger partial charge in [0, 0.05) is 24.7 Å². The highest BCUT2D eigenvalue weighted by Crippen LogP contribution is 2.21. The van der Waals surface area contributed by atoms with Crippen LogP contribution in [0, 0.1) is 0 Å². The molecular weight excluding hydrogens is 355 g/mol. The zero-order valence-corrected chi connectivity index (χ0v) is 14.3. The van der Waals surface area contributed by atoms with Gasteiger partial charge >= 0.3 is 5.69 Å². The molecule has 0 saturated carbocycles. The molecule has 0 aliphatic carbocycles. The van der Waals surface area contributed by atoms with Crippen LogP contribution in [-0.4, -0.2) is 24.5 Å². The van der Waals surface area contributed by atoms with E-state index in [2.05, 4.69) is 4.98 Å². The molecule has 24 heavy (non-hydrogen) atoms. The highest BCUT2D eigenvalue weighted by atomic mass is 35.5. The standard InChI is InChI=1S/C15H12Cl2N4O3/c1-19-7-18-13-12(19)14(23)21(15(24)20(13)2)6-11(22)9-4-3-8(16)5-10(9)17/h3-5,7H,6H2,1-2H3. The lowest BCUT2D eigenvalue weighted by Crippen LogP contribution is -2.41. The summed E-state index contributed by atoms with van der Waals surface area (Å²) >= 11 is 11.8. The summed E-state index contributed by atoms with van der Waals surface area (Å²) in [6, 6.07) is 4.42. The largest absolute Gasteiger partial charge is 0.332 e. The Morgan fingerprint density at radius 3 is 2.58 bits per heavy atom. The number of aryl methyl sites for hydroxylation is 2. The van der Waals surface area contributed by atoms with Crippen molar-refractivity contribution in [2.45, 2.75) is 6.54 Å².